The molecule has 0 bridgehead atoms. The fourth-order valence-corrected chi connectivity index (χ4v) is 1.90. The lowest BCUT2D eigenvalue weighted by Gasteiger charge is -2.19. The summed E-state index contributed by atoms with van der Waals surface area (Å²) in [5.74, 6) is -5.66. The van der Waals surface area contributed by atoms with Crippen molar-refractivity contribution in [2.24, 2.45) is 11.7 Å². The fourth-order valence-electron chi connectivity index (χ4n) is 1.90. The van der Waals surface area contributed by atoms with Crippen LogP contribution >= 0.6 is 0 Å². The summed E-state index contributed by atoms with van der Waals surface area (Å²) >= 11 is 0. The number of hydrogen-bond acceptors (Lipinski definition) is 4. The summed E-state index contributed by atoms with van der Waals surface area (Å²) in [5.41, 5.74) is 4.62. The third-order valence-electron chi connectivity index (χ3n) is 3.12. The molecule has 0 aliphatic rings. The van der Waals surface area contributed by atoms with E-state index in [0.29, 0.717) is 0 Å². The van der Waals surface area contributed by atoms with Crippen LogP contribution in [0.15, 0.2) is 18.2 Å². The highest BCUT2D eigenvalue weighted by molar-refractivity contribution is 5.97. The summed E-state index contributed by atoms with van der Waals surface area (Å²) < 4.78 is 31.5. The average Bonchev–Trinajstić information content (AvgIpc) is 2.49. The van der Waals surface area contributed by atoms with Crippen LogP contribution in [0.2, 0.25) is 0 Å². The molecule has 1 rings (SSSR count). The standard InChI is InChI=1S/C15H18F2N2O4/c1-3-23-15(22)8(2)7-11(13(18)20)19-14(21)9-5-4-6-10(16)12(9)17/h4-6,8,11H,3,7H2,1-2H3,(H2,18,20)(H,19,21)/t8-,11-/m0/s1. The van der Waals surface area contributed by atoms with Crippen LogP contribution in [0.3, 0.4) is 0 Å². The Labute approximate surface area is 132 Å². The van der Waals surface area contributed by atoms with E-state index in [2.05, 4.69) is 5.32 Å². The van der Waals surface area contributed by atoms with Gasteiger partial charge in [0.1, 0.15) is 6.04 Å². The SMILES string of the molecule is CCOC(=O)[C@@H](C)C[C@H](NC(=O)c1cccc(F)c1F)C(N)=O. The summed E-state index contributed by atoms with van der Waals surface area (Å²) in [7, 11) is 0. The Hall–Kier alpha value is -2.51. The first-order chi connectivity index (χ1) is 10.8. The molecule has 0 aliphatic carbocycles. The number of benzene rings is 1. The molecule has 0 saturated heterocycles. The van der Waals surface area contributed by atoms with Gasteiger partial charge in [0.05, 0.1) is 18.1 Å². The molecule has 1 aromatic rings. The number of hydrogen-bond donors (Lipinski definition) is 2. The van der Waals surface area contributed by atoms with E-state index in [-0.39, 0.29) is 13.0 Å². The fraction of sp³-hybridized carbons (Fsp3) is 0.400. The van der Waals surface area contributed by atoms with E-state index in [1.165, 1.54) is 6.92 Å². The van der Waals surface area contributed by atoms with Crippen molar-refractivity contribution < 1.29 is 27.9 Å². The maximum atomic E-state index is 13.6. The number of halogens is 2. The summed E-state index contributed by atoms with van der Waals surface area (Å²) in [6.07, 6.45) is -0.114. The van der Waals surface area contributed by atoms with Crippen molar-refractivity contribution in [2.45, 2.75) is 26.3 Å². The van der Waals surface area contributed by atoms with Gasteiger partial charge < -0.3 is 15.8 Å². The van der Waals surface area contributed by atoms with Crippen molar-refractivity contribution in [1.29, 1.82) is 0 Å². The van der Waals surface area contributed by atoms with Crippen LogP contribution in [0.1, 0.15) is 30.6 Å². The van der Waals surface area contributed by atoms with Crippen LogP contribution in [-0.4, -0.2) is 30.4 Å². The highest BCUT2D eigenvalue weighted by Crippen LogP contribution is 2.13. The molecule has 2 amide bonds. The molecule has 1 aromatic carbocycles. The third-order valence-corrected chi connectivity index (χ3v) is 3.12. The van der Waals surface area contributed by atoms with Crippen LogP contribution in [0, 0.1) is 17.6 Å². The molecule has 23 heavy (non-hydrogen) atoms. The van der Waals surface area contributed by atoms with Crippen molar-refractivity contribution in [2.75, 3.05) is 6.61 Å². The molecule has 0 spiro atoms. The number of carbonyl (C=O) groups excluding carboxylic acids is 3. The molecular weight excluding hydrogens is 310 g/mol. The average molecular weight is 328 g/mol. The summed E-state index contributed by atoms with van der Waals surface area (Å²) in [6, 6.07) is 1.87. The van der Waals surface area contributed by atoms with Gasteiger partial charge in [-0.2, -0.15) is 0 Å². The molecule has 0 unspecified atom stereocenters. The van der Waals surface area contributed by atoms with E-state index in [0.717, 1.165) is 18.2 Å². The molecule has 0 heterocycles. The Kier molecular flexibility index (Phi) is 6.62. The number of nitrogens with two attached hydrogens (primary N) is 1. The number of esters is 1. The Morgan fingerprint density at radius 1 is 1.30 bits per heavy atom. The second-order valence-electron chi connectivity index (χ2n) is 4.92. The zero-order valence-corrected chi connectivity index (χ0v) is 12.8. The van der Waals surface area contributed by atoms with Gasteiger partial charge in [0.25, 0.3) is 5.91 Å². The molecule has 3 N–H and O–H groups in total. The predicted molar refractivity (Wildman–Crippen MR) is 77.2 cm³/mol. The molecule has 0 saturated carbocycles. The number of carbonyl (C=O) groups is 3. The molecule has 126 valence electrons. The van der Waals surface area contributed by atoms with Gasteiger partial charge in [-0.3, -0.25) is 14.4 Å². The normalized spacial score (nSPS) is 13.0. The number of amides is 2. The Morgan fingerprint density at radius 2 is 1.96 bits per heavy atom. The Balaban J connectivity index is 2.84. The van der Waals surface area contributed by atoms with Crippen LogP contribution in [0.25, 0.3) is 0 Å². The number of ether oxygens (including phenoxy) is 1. The zero-order chi connectivity index (χ0) is 17.6. The van der Waals surface area contributed by atoms with E-state index in [9.17, 15) is 23.2 Å². The maximum absolute atomic E-state index is 13.6. The molecule has 6 nitrogen and oxygen atoms in total. The lowest BCUT2D eigenvalue weighted by Crippen LogP contribution is -2.46. The summed E-state index contributed by atoms with van der Waals surface area (Å²) in [6.45, 7) is 3.30. The predicted octanol–water partition coefficient (Wildman–Crippen LogP) is 1.14. The van der Waals surface area contributed by atoms with Gasteiger partial charge in [0, 0.05) is 0 Å². The first-order valence-electron chi connectivity index (χ1n) is 6.98. The minimum atomic E-state index is -1.33. The first kappa shape index (κ1) is 18.5. The second kappa shape index (κ2) is 8.21. The highest BCUT2D eigenvalue weighted by atomic mass is 19.2. The molecule has 0 radical (unpaired) electrons. The molecule has 0 aromatic heterocycles. The quantitative estimate of drug-likeness (QED) is 0.733. The largest absolute Gasteiger partial charge is 0.466 e. The van der Waals surface area contributed by atoms with E-state index < -0.39 is 46.9 Å². The van der Waals surface area contributed by atoms with E-state index >= 15 is 0 Å². The van der Waals surface area contributed by atoms with Gasteiger partial charge in [-0.15, -0.1) is 0 Å². The lowest BCUT2D eigenvalue weighted by atomic mass is 10.0. The van der Waals surface area contributed by atoms with Crippen molar-refractivity contribution in [3.8, 4) is 0 Å². The summed E-state index contributed by atoms with van der Waals surface area (Å²) in [4.78, 5) is 34.9. The number of rotatable bonds is 7. The number of primary amides is 1. The molecule has 2 atom stereocenters. The first-order valence-corrected chi connectivity index (χ1v) is 6.98. The van der Waals surface area contributed by atoms with Crippen molar-refractivity contribution in [1.82, 2.24) is 5.32 Å². The van der Waals surface area contributed by atoms with Gasteiger partial charge in [-0.05, 0) is 25.5 Å². The van der Waals surface area contributed by atoms with Crippen molar-refractivity contribution >= 4 is 17.8 Å². The zero-order valence-electron chi connectivity index (χ0n) is 12.8. The Bertz CT molecular complexity index is 607. The van der Waals surface area contributed by atoms with Crippen LogP contribution in [0.4, 0.5) is 8.78 Å². The van der Waals surface area contributed by atoms with E-state index in [4.69, 9.17) is 10.5 Å². The van der Waals surface area contributed by atoms with Gasteiger partial charge in [0.2, 0.25) is 5.91 Å². The molecule has 8 heteroatoms. The van der Waals surface area contributed by atoms with Gasteiger partial charge >= 0.3 is 5.97 Å². The van der Waals surface area contributed by atoms with E-state index in [1.54, 1.807) is 6.92 Å². The summed E-state index contributed by atoms with van der Waals surface area (Å²) in [5, 5.41) is 2.20. The molecule has 0 fully saturated rings. The number of nitrogens with one attached hydrogen (secondary N) is 1. The second-order valence-corrected chi connectivity index (χ2v) is 4.92. The maximum Gasteiger partial charge on any atom is 0.308 e. The molecule has 0 aliphatic heterocycles. The molecular formula is C15H18F2N2O4. The van der Waals surface area contributed by atoms with Crippen LogP contribution in [0.5, 0.6) is 0 Å². The van der Waals surface area contributed by atoms with Crippen LogP contribution in [-0.2, 0) is 14.3 Å². The van der Waals surface area contributed by atoms with Crippen LogP contribution < -0.4 is 11.1 Å². The van der Waals surface area contributed by atoms with Crippen molar-refractivity contribution in [3.05, 3.63) is 35.4 Å². The van der Waals surface area contributed by atoms with E-state index in [1.807, 2.05) is 0 Å². The van der Waals surface area contributed by atoms with Gasteiger partial charge in [0.15, 0.2) is 11.6 Å². The lowest BCUT2D eigenvalue weighted by molar-refractivity contribution is -0.147. The van der Waals surface area contributed by atoms with Gasteiger partial charge in [-0.1, -0.05) is 13.0 Å². The van der Waals surface area contributed by atoms with Crippen molar-refractivity contribution in [3.63, 3.8) is 0 Å². The minimum absolute atomic E-state index is 0.114. The van der Waals surface area contributed by atoms with Gasteiger partial charge in [-0.25, -0.2) is 8.78 Å². The Morgan fingerprint density at radius 3 is 2.52 bits per heavy atom. The highest BCUT2D eigenvalue weighted by Gasteiger charge is 2.26. The topological polar surface area (TPSA) is 98.5 Å². The smallest absolute Gasteiger partial charge is 0.308 e. The third kappa shape index (κ3) is 5.01. The minimum Gasteiger partial charge on any atom is -0.466 e. The monoisotopic (exact) mass is 328 g/mol.